The molecule has 102 valence electrons. The Morgan fingerprint density at radius 3 is 2.89 bits per heavy atom. The van der Waals surface area contributed by atoms with E-state index in [1.54, 1.807) is 0 Å². The molecule has 0 atom stereocenters. The van der Waals surface area contributed by atoms with Crippen LogP contribution in [0.2, 0.25) is 0 Å². The molecule has 0 spiro atoms. The van der Waals surface area contributed by atoms with Gasteiger partial charge < -0.3 is 20.5 Å². The van der Waals surface area contributed by atoms with Crippen molar-refractivity contribution in [3.8, 4) is 0 Å². The fourth-order valence-electron chi connectivity index (χ4n) is 1.75. The van der Waals surface area contributed by atoms with E-state index in [1.807, 2.05) is 45.4 Å². The first-order chi connectivity index (χ1) is 9.19. The van der Waals surface area contributed by atoms with Crippen LogP contribution >= 0.6 is 0 Å². The first-order valence-corrected chi connectivity index (χ1v) is 6.31. The number of aromatic amines is 1. The number of hydrogen-bond donors (Lipinski definition) is 3. The van der Waals surface area contributed by atoms with Gasteiger partial charge in [0.05, 0.1) is 0 Å². The van der Waals surface area contributed by atoms with Crippen molar-refractivity contribution in [2.45, 2.75) is 6.92 Å². The minimum absolute atomic E-state index is 0.753. The van der Waals surface area contributed by atoms with Crippen molar-refractivity contribution < 1.29 is 0 Å². The highest BCUT2D eigenvalue weighted by Gasteiger charge is 2.06. The van der Waals surface area contributed by atoms with Crippen LogP contribution in [-0.2, 0) is 0 Å². The van der Waals surface area contributed by atoms with Gasteiger partial charge >= 0.3 is 0 Å². The average Bonchev–Trinajstić information content (AvgIpc) is 2.88. The number of anilines is 3. The average molecular weight is 260 g/mol. The number of aromatic nitrogens is 3. The van der Waals surface area contributed by atoms with E-state index >= 15 is 0 Å². The Morgan fingerprint density at radius 2 is 2.21 bits per heavy atom. The van der Waals surface area contributed by atoms with E-state index in [0.717, 1.165) is 36.4 Å². The topological polar surface area (TPSA) is 68.9 Å². The highest BCUT2D eigenvalue weighted by atomic mass is 15.2. The maximum atomic E-state index is 4.45. The minimum Gasteiger partial charge on any atom is -0.358 e. The van der Waals surface area contributed by atoms with Crippen LogP contribution in [0.25, 0.3) is 0 Å². The Labute approximate surface area is 113 Å². The van der Waals surface area contributed by atoms with Gasteiger partial charge in [-0.15, -0.1) is 0 Å². The van der Waals surface area contributed by atoms with E-state index in [9.17, 15) is 0 Å². The van der Waals surface area contributed by atoms with E-state index < -0.39 is 0 Å². The van der Waals surface area contributed by atoms with Crippen LogP contribution in [-0.4, -0.2) is 42.1 Å². The van der Waals surface area contributed by atoms with Crippen LogP contribution < -0.4 is 15.5 Å². The lowest BCUT2D eigenvalue weighted by molar-refractivity contribution is 0.759. The van der Waals surface area contributed by atoms with Crippen molar-refractivity contribution in [2.24, 2.45) is 0 Å². The maximum Gasteiger partial charge on any atom is 0.137 e. The normalized spacial score (nSPS) is 10.5. The SMILES string of the molecule is CNCCN(C)c1cc(Nc2ccc[nH]2)nc(C)n1. The zero-order valence-electron chi connectivity index (χ0n) is 11.6. The lowest BCUT2D eigenvalue weighted by Crippen LogP contribution is -2.28. The molecule has 3 N–H and O–H groups in total. The van der Waals surface area contributed by atoms with Gasteiger partial charge in [0.2, 0.25) is 0 Å². The summed E-state index contributed by atoms with van der Waals surface area (Å²) in [6, 6.07) is 5.85. The molecule has 0 amide bonds. The molecule has 2 rings (SSSR count). The van der Waals surface area contributed by atoms with E-state index in [2.05, 4.69) is 30.5 Å². The zero-order chi connectivity index (χ0) is 13.7. The van der Waals surface area contributed by atoms with Crippen molar-refractivity contribution in [2.75, 3.05) is 37.4 Å². The molecule has 0 aliphatic carbocycles. The van der Waals surface area contributed by atoms with Gasteiger partial charge in [0.15, 0.2) is 0 Å². The molecule has 0 fully saturated rings. The van der Waals surface area contributed by atoms with Gasteiger partial charge in [-0.05, 0) is 26.1 Å². The summed E-state index contributed by atoms with van der Waals surface area (Å²) in [6.07, 6.45) is 1.87. The van der Waals surface area contributed by atoms with Crippen LogP contribution in [0.3, 0.4) is 0 Å². The molecule has 0 unspecified atom stereocenters. The summed E-state index contributed by atoms with van der Waals surface area (Å²) in [5, 5.41) is 6.36. The second kappa shape index (κ2) is 6.19. The Hall–Kier alpha value is -2.08. The zero-order valence-corrected chi connectivity index (χ0v) is 11.6. The minimum atomic E-state index is 0.753. The molecule has 0 saturated carbocycles. The molecule has 2 aromatic heterocycles. The lowest BCUT2D eigenvalue weighted by Gasteiger charge is -2.19. The Bertz CT molecular complexity index is 508. The van der Waals surface area contributed by atoms with Crippen molar-refractivity contribution in [3.05, 3.63) is 30.2 Å². The number of likely N-dealkylation sites (N-methyl/N-ethyl adjacent to an activating group) is 2. The molecule has 0 aliphatic heterocycles. The third kappa shape index (κ3) is 3.69. The van der Waals surface area contributed by atoms with Gasteiger partial charge in [0.25, 0.3) is 0 Å². The summed E-state index contributed by atoms with van der Waals surface area (Å²) in [4.78, 5) is 14.0. The van der Waals surface area contributed by atoms with Gasteiger partial charge in [-0.25, -0.2) is 9.97 Å². The highest BCUT2D eigenvalue weighted by Crippen LogP contribution is 2.17. The van der Waals surface area contributed by atoms with Crippen molar-refractivity contribution in [1.29, 1.82) is 0 Å². The second-order valence-electron chi connectivity index (χ2n) is 4.39. The summed E-state index contributed by atoms with van der Waals surface area (Å²) in [6.45, 7) is 3.71. The molecule has 0 radical (unpaired) electrons. The summed E-state index contributed by atoms with van der Waals surface area (Å²) in [7, 11) is 3.97. The van der Waals surface area contributed by atoms with E-state index in [4.69, 9.17) is 0 Å². The number of nitrogens with zero attached hydrogens (tertiary/aromatic N) is 3. The Morgan fingerprint density at radius 1 is 1.37 bits per heavy atom. The molecule has 2 heterocycles. The molecule has 0 aromatic carbocycles. The number of nitrogens with one attached hydrogen (secondary N) is 3. The molecule has 6 nitrogen and oxygen atoms in total. The molecule has 0 aliphatic rings. The first kappa shape index (κ1) is 13.4. The molecule has 0 bridgehead atoms. The monoisotopic (exact) mass is 260 g/mol. The van der Waals surface area contributed by atoms with Gasteiger partial charge in [0.1, 0.15) is 23.3 Å². The smallest absolute Gasteiger partial charge is 0.137 e. The van der Waals surface area contributed by atoms with Gasteiger partial charge in [-0.3, -0.25) is 0 Å². The van der Waals surface area contributed by atoms with Crippen LogP contribution in [0.5, 0.6) is 0 Å². The summed E-state index contributed by atoms with van der Waals surface area (Å²) in [5.41, 5.74) is 0. The maximum absolute atomic E-state index is 4.45. The molecular weight excluding hydrogens is 240 g/mol. The Balaban J connectivity index is 2.14. The molecule has 6 heteroatoms. The van der Waals surface area contributed by atoms with Crippen LogP contribution in [0, 0.1) is 6.92 Å². The first-order valence-electron chi connectivity index (χ1n) is 6.31. The number of aryl methyl sites for hydroxylation is 1. The molecule has 2 aromatic rings. The molecule has 19 heavy (non-hydrogen) atoms. The van der Waals surface area contributed by atoms with Crippen molar-refractivity contribution in [1.82, 2.24) is 20.3 Å². The standard InChI is InChI=1S/C13H20N6/c1-10-16-12(18-11-5-4-6-15-11)9-13(17-10)19(3)8-7-14-2/h4-6,9,14-15H,7-8H2,1-3H3,(H,16,17,18). The number of H-pyrrole nitrogens is 1. The summed E-state index contributed by atoms with van der Waals surface area (Å²) < 4.78 is 0. The van der Waals surface area contributed by atoms with E-state index in [0.29, 0.717) is 0 Å². The van der Waals surface area contributed by atoms with E-state index in [-0.39, 0.29) is 0 Å². The lowest BCUT2D eigenvalue weighted by atomic mass is 10.4. The molecular formula is C13H20N6. The number of rotatable bonds is 6. The van der Waals surface area contributed by atoms with Crippen molar-refractivity contribution >= 4 is 17.5 Å². The van der Waals surface area contributed by atoms with Crippen LogP contribution in [0.4, 0.5) is 17.5 Å². The molecule has 0 saturated heterocycles. The predicted octanol–water partition coefficient (Wildman–Crippen LogP) is 1.51. The number of hydrogen-bond acceptors (Lipinski definition) is 5. The van der Waals surface area contributed by atoms with Crippen LogP contribution in [0.15, 0.2) is 24.4 Å². The summed E-state index contributed by atoms with van der Waals surface area (Å²) in [5.74, 6) is 3.38. The van der Waals surface area contributed by atoms with Crippen molar-refractivity contribution in [3.63, 3.8) is 0 Å². The Kier molecular flexibility index (Phi) is 4.35. The van der Waals surface area contributed by atoms with E-state index in [1.165, 1.54) is 0 Å². The van der Waals surface area contributed by atoms with Gasteiger partial charge in [0, 0.05) is 32.4 Å². The fourth-order valence-corrected chi connectivity index (χ4v) is 1.75. The highest BCUT2D eigenvalue weighted by molar-refractivity contribution is 5.56. The van der Waals surface area contributed by atoms with Gasteiger partial charge in [-0.2, -0.15) is 0 Å². The third-order valence-corrected chi connectivity index (χ3v) is 2.77. The van der Waals surface area contributed by atoms with Gasteiger partial charge in [-0.1, -0.05) is 0 Å². The predicted molar refractivity (Wildman–Crippen MR) is 78.0 cm³/mol. The summed E-state index contributed by atoms with van der Waals surface area (Å²) >= 11 is 0. The third-order valence-electron chi connectivity index (χ3n) is 2.77. The second-order valence-corrected chi connectivity index (χ2v) is 4.39. The largest absolute Gasteiger partial charge is 0.358 e. The quantitative estimate of drug-likeness (QED) is 0.734. The van der Waals surface area contributed by atoms with Crippen LogP contribution in [0.1, 0.15) is 5.82 Å². The fraction of sp³-hybridized carbons (Fsp3) is 0.385.